The highest BCUT2D eigenvalue weighted by molar-refractivity contribution is 5.97. The molecule has 2 amide bonds. The van der Waals surface area contributed by atoms with Gasteiger partial charge in [-0.25, -0.2) is 0 Å². The van der Waals surface area contributed by atoms with Crippen LogP contribution in [-0.2, 0) is 16.0 Å². The van der Waals surface area contributed by atoms with Crippen molar-refractivity contribution in [3.8, 4) is 5.75 Å². The van der Waals surface area contributed by atoms with Crippen molar-refractivity contribution in [2.45, 2.75) is 40.0 Å². The van der Waals surface area contributed by atoms with Gasteiger partial charge in [-0.2, -0.15) is 0 Å². The van der Waals surface area contributed by atoms with Crippen molar-refractivity contribution in [3.63, 3.8) is 0 Å². The van der Waals surface area contributed by atoms with E-state index in [9.17, 15) is 9.59 Å². The lowest BCUT2D eigenvalue weighted by atomic mass is 9.99. The number of carbonyl (C=O) groups excluding carboxylic acids is 2. The summed E-state index contributed by atoms with van der Waals surface area (Å²) < 4.78 is 5.55. The lowest BCUT2D eigenvalue weighted by molar-refractivity contribution is -0.119. The van der Waals surface area contributed by atoms with Crippen LogP contribution in [0.4, 0.5) is 11.4 Å². The van der Waals surface area contributed by atoms with Crippen LogP contribution in [0.5, 0.6) is 5.75 Å². The summed E-state index contributed by atoms with van der Waals surface area (Å²) in [5, 5.41) is 2.89. The number of hydrogen-bond donors (Lipinski definition) is 1. The summed E-state index contributed by atoms with van der Waals surface area (Å²) in [6, 6.07) is 13.4. The first kappa shape index (κ1) is 19.9. The fraction of sp³-hybridized carbons (Fsp3) is 0.391. The van der Waals surface area contributed by atoms with E-state index in [0.717, 1.165) is 35.5 Å². The van der Waals surface area contributed by atoms with Crippen LogP contribution in [0, 0.1) is 12.8 Å². The van der Waals surface area contributed by atoms with Gasteiger partial charge in [-0.3, -0.25) is 9.59 Å². The predicted octanol–water partition coefficient (Wildman–Crippen LogP) is 4.34. The fourth-order valence-corrected chi connectivity index (χ4v) is 3.32. The highest BCUT2D eigenvalue weighted by atomic mass is 16.5. The van der Waals surface area contributed by atoms with Crippen molar-refractivity contribution in [2.75, 3.05) is 23.4 Å². The van der Waals surface area contributed by atoms with Gasteiger partial charge in [0.15, 0.2) is 6.61 Å². The van der Waals surface area contributed by atoms with E-state index in [4.69, 9.17) is 4.74 Å². The zero-order chi connectivity index (χ0) is 20.1. The van der Waals surface area contributed by atoms with Crippen molar-refractivity contribution in [1.29, 1.82) is 0 Å². The van der Waals surface area contributed by atoms with Crippen molar-refractivity contribution in [2.24, 2.45) is 5.92 Å². The Labute approximate surface area is 166 Å². The fourth-order valence-electron chi connectivity index (χ4n) is 3.32. The van der Waals surface area contributed by atoms with Crippen LogP contribution in [0.15, 0.2) is 42.5 Å². The Morgan fingerprint density at radius 3 is 2.75 bits per heavy atom. The molecule has 0 unspecified atom stereocenters. The van der Waals surface area contributed by atoms with Gasteiger partial charge in [0.2, 0.25) is 5.91 Å². The van der Waals surface area contributed by atoms with Crippen LogP contribution in [0.1, 0.15) is 37.8 Å². The van der Waals surface area contributed by atoms with Crippen LogP contribution in [0.3, 0.4) is 0 Å². The lowest BCUT2D eigenvalue weighted by Crippen LogP contribution is -2.36. The molecule has 2 aromatic carbocycles. The highest BCUT2D eigenvalue weighted by Gasteiger charge is 2.24. The number of nitrogens with one attached hydrogen (secondary N) is 1. The SMILES string of the molecule is Cc1cccc(OCC(=O)Nc2ccc3c(c2)CCC(=O)N3CCC(C)C)c1. The van der Waals surface area contributed by atoms with Gasteiger partial charge in [0.1, 0.15) is 5.75 Å². The summed E-state index contributed by atoms with van der Waals surface area (Å²) in [7, 11) is 0. The average molecular weight is 380 g/mol. The molecule has 0 saturated heterocycles. The van der Waals surface area contributed by atoms with Gasteiger partial charge in [0.25, 0.3) is 5.91 Å². The highest BCUT2D eigenvalue weighted by Crippen LogP contribution is 2.30. The van der Waals surface area contributed by atoms with Gasteiger partial charge in [-0.1, -0.05) is 26.0 Å². The Morgan fingerprint density at radius 1 is 1.18 bits per heavy atom. The minimum atomic E-state index is -0.204. The number of rotatable bonds is 7. The molecule has 0 radical (unpaired) electrons. The van der Waals surface area contributed by atoms with E-state index in [0.29, 0.717) is 24.5 Å². The molecule has 0 aliphatic carbocycles. The molecule has 2 aromatic rings. The minimum Gasteiger partial charge on any atom is -0.484 e. The number of nitrogens with zero attached hydrogens (tertiary/aromatic N) is 1. The molecular weight excluding hydrogens is 352 g/mol. The number of aryl methyl sites for hydroxylation is 2. The number of carbonyl (C=O) groups is 2. The van der Waals surface area contributed by atoms with E-state index in [1.807, 2.05) is 54.3 Å². The van der Waals surface area contributed by atoms with Crippen molar-refractivity contribution in [3.05, 3.63) is 53.6 Å². The molecule has 0 atom stereocenters. The van der Waals surface area contributed by atoms with E-state index in [1.54, 1.807) is 0 Å². The van der Waals surface area contributed by atoms with Crippen LogP contribution in [-0.4, -0.2) is 25.0 Å². The summed E-state index contributed by atoms with van der Waals surface area (Å²) >= 11 is 0. The monoisotopic (exact) mass is 380 g/mol. The first-order chi connectivity index (χ1) is 13.4. The van der Waals surface area contributed by atoms with Gasteiger partial charge in [-0.15, -0.1) is 0 Å². The first-order valence-corrected chi connectivity index (χ1v) is 9.85. The smallest absolute Gasteiger partial charge is 0.262 e. The molecule has 0 saturated carbocycles. The van der Waals surface area contributed by atoms with E-state index < -0.39 is 0 Å². The molecule has 1 heterocycles. The Bertz CT molecular complexity index is 861. The molecule has 1 aliphatic rings. The zero-order valence-corrected chi connectivity index (χ0v) is 16.8. The summed E-state index contributed by atoms with van der Waals surface area (Å²) in [5.41, 5.74) is 3.88. The van der Waals surface area contributed by atoms with Gasteiger partial charge < -0.3 is 15.0 Å². The van der Waals surface area contributed by atoms with Gasteiger partial charge >= 0.3 is 0 Å². The van der Waals surface area contributed by atoms with Crippen LogP contribution in [0.25, 0.3) is 0 Å². The molecule has 1 aliphatic heterocycles. The topological polar surface area (TPSA) is 58.6 Å². The maximum Gasteiger partial charge on any atom is 0.262 e. The second-order valence-electron chi connectivity index (χ2n) is 7.72. The standard InChI is InChI=1S/C23H28N2O3/c1-16(2)11-12-25-21-9-8-19(14-18(21)7-10-23(25)27)24-22(26)15-28-20-6-4-5-17(3)13-20/h4-6,8-9,13-14,16H,7,10-12,15H2,1-3H3,(H,24,26). The Kier molecular flexibility index (Phi) is 6.34. The van der Waals surface area contributed by atoms with E-state index in [2.05, 4.69) is 19.2 Å². The second-order valence-corrected chi connectivity index (χ2v) is 7.72. The van der Waals surface area contributed by atoms with E-state index in [1.165, 1.54) is 0 Å². The van der Waals surface area contributed by atoms with Gasteiger partial charge in [0.05, 0.1) is 0 Å². The van der Waals surface area contributed by atoms with Crippen LogP contribution in [0.2, 0.25) is 0 Å². The number of benzene rings is 2. The van der Waals surface area contributed by atoms with Crippen molar-refractivity contribution in [1.82, 2.24) is 0 Å². The largest absolute Gasteiger partial charge is 0.484 e. The minimum absolute atomic E-state index is 0.0421. The molecule has 1 N–H and O–H groups in total. The Morgan fingerprint density at radius 2 is 2.00 bits per heavy atom. The van der Waals surface area contributed by atoms with Crippen molar-refractivity contribution >= 4 is 23.2 Å². The number of hydrogen-bond acceptors (Lipinski definition) is 3. The van der Waals surface area contributed by atoms with Crippen molar-refractivity contribution < 1.29 is 14.3 Å². The summed E-state index contributed by atoms with van der Waals surface area (Å²) in [6.45, 7) is 6.99. The first-order valence-electron chi connectivity index (χ1n) is 9.85. The second kappa shape index (κ2) is 8.91. The van der Waals surface area contributed by atoms with Crippen LogP contribution < -0.4 is 15.0 Å². The number of anilines is 2. The number of ether oxygens (including phenoxy) is 1. The Balaban J connectivity index is 1.62. The zero-order valence-electron chi connectivity index (χ0n) is 16.8. The van der Waals surface area contributed by atoms with Gasteiger partial charge in [-0.05, 0) is 67.1 Å². The molecule has 148 valence electrons. The molecule has 0 spiro atoms. The average Bonchev–Trinajstić information content (AvgIpc) is 2.65. The third kappa shape index (κ3) is 5.12. The molecular formula is C23H28N2O3. The molecule has 5 heteroatoms. The molecule has 5 nitrogen and oxygen atoms in total. The maximum absolute atomic E-state index is 12.3. The Hall–Kier alpha value is -2.82. The van der Waals surface area contributed by atoms with E-state index in [-0.39, 0.29) is 18.4 Å². The van der Waals surface area contributed by atoms with Gasteiger partial charge in [0, 0.05) is 24.3 Å². The number of fused-ring (bicyclic) bond motifs is 1. The van der Waals surface area contributed by atoms with Crippen LogP contribution >= 0.6 is 0 Å². The predicted molar refractivity (Wildman–Crippen MR) is 112 cm³/mol. The summed E-state index contributed by atoms with van der Waals surface area (Å²) in [4.78, 5) is 26.4. The lowest BCUT2D eigenvalue weighted by Gasteiger charge is -2.30. The molecule has 0 aromatic heterocycles. The molecule has 3 rings (SSSR count). The third-order valence-electron chi connectivity index (χ3n) is 4.85. The number of amides is 2. The summed E-state index contributed by atoms with van der Waals surface area (Å²) in [5.74, 6) is 1.20. The molecule has 0 bridgehead atoms. The molecule has 0 fully saturated rings. The third-order valence-corrected chi connectivity index (χ3v) is 4.85. The molecule has 28 heavy (non-hydrogen) atoms. The van der Waals surface area contributed by atoms with E-state index >= 15 is 0 Å². The summed E-state index contributed by atoms with van der Waals surface area (Å²) in [6.07, 6.45) is 2.19. The normalized spacial score (nSPS) is 13.4. The maximum atomic E-state index is 12.3. The quantitative estimate of drug-likeness (QED) is 0.777.